The first-order valence-corrected chi connectivity index (χ1v) is 7.76. The van der Waals surface area contributed by atoms with Crippen molar-refractivity contribution in [2.24, 2.45) is 0 Å². The number of rotatable bonds is 6. The van der Waals surface area contributed by atoms with E-state index >= 15 is 0 Å². The second-order valence-electron chi connectivity index (χ2n) is 4.81. The molecule has 2 aromatic rings. The summed E-state index contributed by atoms with van der Waals surface area (Å²) in [5.41, 5.74) is 8.01. The zero-order valence-electron chi connectivity index (χ0n) is 12.2. The maximum Gasteiger partial charge on any atom is 0.120 e. The standard InChI is InChI=1S/C15H21N3OS/c1-4-19-13-5-6-14(16)15(7-13)20-9-12-8-17-10-18(12)11(2)3/h5-8,10-11H,4,9,16H2,1-3H3. The normalized spacial score (nSPS) is 11.0. The quantitative estimate of drug-likeness (QED) is 0.650. The maximum absolute atomic E-state index is 6.02. The van der Waals surface area contributed by atoms with Gasteiger partial charge in [-0.3, -0.25) is 0 Å². The molecule has 0 bridgehead atoms. The van der Waals surface area contributed by atoms with E-state index in [4.69, 9.17) is 10.5 Å². The molecule has 0 saturated carbocycles. The van der Waals surface area contributed by atoms with Crippen LogP contribution in [0.5, 0.6) is 5.75 Å². The lowest BCUT2D eigenvalue weighted by molar-refractivity contribution is 0.339. The van der Waals surface area contributed by atoms with Gasteiger partial charge in [0.25, 0.3) is 0 Å². The van der Waals surface area contributed by atoms with E-state index < -0.39 is 0 Å². The minimum Gasteiger partial charge on any atom is -0.494 e. The van der Waals surface area contributed by atoms with Crippen molar-refractivity contribution in [3.8, 4) is 5.75 Å². The molecule has 1 aromatic carbocycles. The number of imidazole rings is 1. The van der Waals surface area contributed by atoms with E-state index in [1.54, 1.807) is 11.8 Å². The molecule has 1 heterocycles. The van der Waals surface area contributed by atoms with Crippen LogP contribution < -0.4 is 10.5 Å². The van der Waals surface area contributed by atoms with E-state index in [9.17, 15) is 0 Å². The van der Waals surface area contributed by atoms with Crippen LogP contribution >= 0.6 is 11.8 Å². The second-order valence-corrected chi connectivity index (χ2v) is 5.82. The van der Waals surface area contributed by atoms with E-state index in [1.807, 2.05) is 37.6 Å². The third-order valence-corrected chi connectivity index (χ3v) is 4.08. The lowest BCUT2D eigenvalue weighted by Crippen LogP contribution is -2.03. The van der Waals surface area contributed by atoms with Gasteiger partial charge in [-0.15, -0.1) is 11.8 Å². The minimum absolute atomic E-state index is 0.417. The molecular formula is C15H21N3OS. The number of nitrogens with zero attached hydrogens (tertiary/aromatic N) is 2. The van der Waals surface area contributed by atoms with Gasteiger partial charge < -0.3 is 15.0 Å². The summed E-state index contributed by atoms with van der Waals surface area (Å²) < 4.78 is 7.69. The van der Waals surface area contributed by atoms with Gasteiger partial charge in [0.2, 0.25) is 0 Å². The van der Waals surface area contributed by atoms with Gasteiger partial charge in [0.05, 0.1) is 12.9 Å². The molecule has 108 valence electrons. The van der Waals surface area contributed by atoms with Crippen LogP contribution in [0.4, 0.5) is 5.69 Å². The molecule has 0 saturated heterocycles. The fourth-order valence-corrected chi connectivity index (χ4v) is 2.92. The number of hydrogen-bond donors (Lipinski definition) is 1. The average molecular weight is 291 g/mol. The molecule has 0 fully saturated rings. The second kappa shape index (κ2) is 6.70. The number of nitrogens with two attached hydrogens (primary N) is 1. The van der Waals surface area contributed by atoms with Crippen LogP contribution in [-0.2, 0) is 5.75 Å². The highest BCUT2D eigenvalue weighted by Gasteiger charge is 2.08. The maximum atomic E-state index is 6.02. The Kier molecular flexibility index (Phi) is 4.95. The molecule has 2 N–H and O–H groups in total. The van der Waals surface area contributed by atoms with Crippen LogP contribution in [0.1, 0.15) is 32.5 Å². The molecule has 0 amide bonds. The van der Waals surface area contributed by atoms with Gasteiger partial charge in [0, 0.05) is 34.3 Å². The Labute approximate surface area is 124 Å². The Bertz CT molecular complexity index is 566. The van der Waals surface area contributed by atoms with Crippen molar-refractivity contribution in [1.82, 2.24) is 9.55 Å². The topological polar surface area (TPSA) is 53.1 Å². The van der Waals surface area contributed by atoms with Crippen molar-refractivity contribution in [3.63, 3.8) is 0 Å². The smallest absolute Gasteiger partial charge is 0.120 e. The largest absolute Gasteiger partial charge is 0.494 e. The number of ether oxygens (including phenoxy) is 1. The molecule has 2 rings (SSSR count). The Morgan fingerprint density at radius 2 is 2.20 bits per heavy atom. The van der Waals surface area contributed by atoms with Crippen molar-refractivity contribution in [3.05, 3.63) is 36.4 Å². The van der Waals surface area contributed by atoms with Crippen molar-refractivity contribution in [2.75, 3.05) is 12.3 Å². The summed E-state index contributed by atoms with van der Waals surface area (Å²) in [5.74, 6) is 1.71. The molecule has 4 nitrogen and oxygen atoms in total. The van der Waals surface area contributed by atoms with Gasteiger partial charge in [-0.2, -0.15) is 0 Å². The first-order chi connectivity index (χ1) is 9.61. The van der Waals surface area contributed by atoms with E-state index in [1.165, 1.54) is 5.69 Å². The van der Waals surface area contributed by atoms with E-state index in [0.717, 1.165) is 22.1 Å². The molecule has 5 heteroatoms. The number of benzene rings is 1. The Morgan fingerprint density at radius 3 is 2.90 bits per heavy atom. The lowest BCUT2D eigenvalue weighted by atomic mass is 10.3. The van der Waals surface area contributed by atoms with Crippen LogP contribution in [-0.4, -0.2) is 16.2 Å². The highest BCUT2D eigenvalue weighted by molar-refractivity contribution is 7.98. The number of thioether (sulfide) groups is 1. The van der Waals surface area contributed by atoms with Gasteiger partial charge in [-0.25, -0.2) is 4.98 Å². The number of anilines is 1. The van der Waals surface area contributed by atoms with Crippen LogP contribution in [0, 0.1) is 0 Å². The zero-order chi connectivity index (χ0) is 14.5. The lowest BCUT2D eigenvalue weighted by Gasteiger charge is -2.12. The summed E-state index contributed by atoms with van der Waals surface area (Å²) in [6.45, 7) is 6.94. The molecule has 0 radical (unpaired) electrons. The monoisotopic (exact) mass is 291 g/mol. The highest BCUT2D eigenvalue weighted by Crippen LogP contribution is 2.31. The van der Waals surface area contributed by atoms with Crippen LogP contribution in [0.2, 0.25) is 0 Å². The molecule has 0 aliphatic carbocycles. The molecule has 0 unspecified atom stereocenters. The zero-order valence-corrected chi connectivity index (χ0v) is 13.0. The van der Waals surface area contributed by atoms with Crippen LogP contribution in [0.3, 0.4) is 0 Å². The molecule has 0 aliphatic rings. The number of nitrogen functional groups attached to an aromatic ring is 1. The van der Waals surface area contributed by atoms with Crippen LogP contribution in [0.15, 0.2) is 35.6 Å². The summed E-state index contributed by atoms with van der Waals surface area (Å²) in [6.07, 6.45) is 3.79. The van der Waals surface area contributed by atoms with Gasteiger partial charge in [0.15, 0.2) is 0 Å². The van der Waals surface area contributed by atoms with E-state index in [-0.39, 0.29) is 0 Å². The first-order valence-electron chi connectivity index (χ1n) is 6.77. The molecule has 1 aromatic heterocycles. The third-order valence-electron chi connectivity index (χ3n) is 2.97. The average Bonchev–Trinajstić information content (AvgIpc) is 2.88. The fraction of sp³-hybridized carbons (Fsp3) is 0.400. The molecule has 0 aliphatic heterocycles. The SMILES string of the molecule is CCOc1ccc(N)c(SCc2cncn2C(C)C)c1. The summed E-state index contributed by atoms with van der Waals surface area (Å²) in [4.78, 5) is 5.27. The number of aromatic nitrogens is 2. The van der Waals surface area contributed by atoms with E-state index in [2.05, 4.69) is 23.4 Å². The fourth-order valence-electron chi connectivity index (χ4n) is 1.96. The Morgan fingerprint density at radius 1 is 1.40 bits per heavy atom. The summed E-state index contributed by atoms with van der Waals surface area (Å²) in [7, 11) is 0. The first kappa shape index (κ1) is 14.8. The summed E-state index contributed by atoms with van der Waals surface area (Å²) in [5, 5.41) is 0. The van der Waals surface area contributed by atoms with Crippen molar-refractivity contribution in [1.29, 1.82) is 0 Å². The molecule has 0 atom stereocenters. The third kappa shape index (κ3) is 3.48. The molecule has 20 heavy (non-hydrogen) atoms. The molecular weight excluding hydrogens is 270 g/mol. The highest BCUT2D eigenvalue weighted by atomic mass is 32.2. The minimum atomic E-state index is 0.417. The predicted molar refractivity (Wildman–Crippen MR) is 84.2 cm³/mol. The van der Waals surface area contributed by atoms with Gasteiger partial charge in [0.1, 0.15) is 5.75 Å². The van der Waals surface area contributed by atoms with Crippen molar-refractivity contribution < 1.29 is 4.74 Å². The van der Waals surface area contributed by atoms with Gasteiger partial charge >= 0.3 is 0 Å². The van der Waals surface area contributed by atoms with Gasteiger partial charge in [-0.05, 0) is 39.0 Å². The predicted octanol–water partition coefficient (Wildman–Crippen LogP) is 3.74. The van der Waals surface area contributed by atoms with E-state index in [0.29, 0.717) is 12.6 Å². The van der Waals surface area contributed by atoms with Crippen LogP contribution in [0.25, 0.3) is 0 Å². The van der Waals surface area contributed by atoms with Crippen molar-refractivity contribution in [2.45, 2.75) is 37.5 Å². The van der Waals surface area contributed by atoms with Gasteiger partial charge in [-0.1, -0.05) is 0 Å². The number of hydrogen-bond acceptors (Lipinski definition) is 4. The summed E-state index contributed by atoms with van der Waals surface area (Å²) in [6, 6.07) is 6.22. The Balaban J connectivity index is 2.10. The Hall–Kier alpha value is -1.62. The van der Waals surface area contributed by atoms with Crippen molar-refractivity contribution >= 4 is 17.4 Å². The summed E-state index contributed by atoms with van der Waals surface area (Å²) >= 11 is 1.71. The molecule has 0 spiro atoms.